The lowest BCUT2D eigenvalue weighted by molar-refractivity contribution is -0.151. The van der Waals surface area contributed by atoms with Crippen molar-refractivity contribution in [2.75, 3.05) is 19.8 Å². The van der Waals surface area contributed by atoms with Gasteiger partial charge in [-0.3, -0.25) is 0 Å². The summed E-state index contributed by atoms with van der Waals surface area (Å²) in [6.07, 6.45) is 5.37. The zero-order valence-corrected chi connectivity index (χ0v) is 17.1. The normalized spacial score (nSPS) is 56.0. The van der Waals surface area contributed by atoms with E-state index in [1.807, 2.05) is 0 Å². The van der Waals surface area contributed by atoms with Crippen molar-refractivity contribution in [3.8, 4) is 0 Å². The molecule has 4 aliphatic heterocycles. The van der Waals surface area contributed by atoms with Gasteiger partial charge in [0.2, 0.25) is 0 Å². The fraction of sp³-hybridized carbons (Fsp3) is 1.00. The molecule has 5 aliphatic rings. The number of hydrogen-bond acceptors (Lipinski definition) is 4. The minimum Gasteiger partial charge on any atom is -0.377 e. The van der Waals surface area contributed by atoms with E-state index in [4.69, 9.17) is 18.9 Å². The van der Waals surface area contributed by atoms with E-state index in [1.54, 1.807) is 0 Å². The fourth-order valence-corrected chi connectivity index (χ4v) is 7.73. The molecule has 1 spiro atoms. The van der Waals surface area contributed by atoms with Gasteiger partial charge in [0.15, 0.2) is 6.29 Å². The number of rotatable bonds is 2. The van der Waals surface area contributed by atoms with E-state index >= 15 is 0 Å². The van der Waals surface area contributed by atoms with Crippen LogP contribution in [0, 0.1) is 22.2 Å². The Labute approximate surface area is 158 Å². The van der Waals surface area contributed by atoms with Gasteiger partial charge in [0, 0.05) is 14.8 Å². The second-order valence-corrected chi connectivity index (χ2v) is 11.4. The van der Waals surface area contributed by atoms with Crippen molar-refractivity contribution >= 4 is 22.6 Å². The molecule has 8 atom stereocenters. The molecule has 0 aromatic rings. The first-order valence-electron chi connectivity index (χ1n) is 9.52. The highest BCUT2D eigenvalue weighted by Gasteiger charge is 2.80. The molecule has 0 aromatic heterocycles. The largest absolute Gasteiger partial charge is 0.377 e. The third-order valence-electron chi connectivity index (χ3n) is 7.67. The Hall–Kier alpha value is 0.570. The van der Waals surface area contributed by atoms with Gasteiger partial charge in [-0.1, -0.05) is 43.4 Å². The maximum absolute atomic E-state index is 6.50. The van der Waals surface area contributed by atoms with Crippen molar-refractivity contribution < 1.29 is 18.9 Å². The minimum absolute atomic E-state index is 0.0302. The smallest absolute Gasteiger partial charge is 0.164 e. The molecule has 1 saturated carbocycles. The van der Waals surface area contributed by atoms with Gasteiger partial charge in [0.1, 0.15) is 0 Å². The van der Waals surface area contributed by atoms with Crippen LogP contribution in [0.2, 0.25) is 0 Å². The lowest BCUT2D eigenvalue weighted by atomic mass is 9.54. The molecular weight excluding hydrogens is 419 g/mol. The second kappa shape index (κ2) is 5.31. The molecule has 1 aliphatic carbocycles. The number of hydrogen-bond donors (Lipinski definition) is 0. The lowest BCUT2D eigenvalue weighted by Gasteiger charge is -2.47. The Balaban J connectivity index is 1.58. The van der Waals surface area contributed by atoms with E-state index < -0.39 is 0 Å². The van der Waals surface area contributed by atoms with Crippen LogP contribution in [-0.2, 0) is 18.9 Å². The van der Waals surface area contributed by atoms with Crippen LogP contribution in [0.25, 0.3) is 0 Å². The molecule has 5 rings (SSSR count). The third kappa shape index (κ3) is 1.94. The van der Waals surface area contributed by atoms with E-state index in [9.17, 15) is 0 Å². The summed E-state index contributed by atoms with van der Waals surface area (Å²) in [4.78, 5) is 0. The Morgan fingerprint density at radius 3 is 2.58 bits per heavy atom. The summed E-state index contributed by atoms with van der Waals surface area (Å²) in [5.41, 5.74) is 0.453. The van der Waals surface area contributed by atoms with Crippen molar-refractivity contribution in [1.82, 2.24) is 0 Å². The molecule has 0 bridgehead atoms. The van der Waals surface area contributed by atoms with E-state index in [-0.39, 0.29) is 28.6 Å². The monoisotopic (exact) mass is 448 g/mol. The van der Waals surface area contributed by atoms with Gasteiger partial charge in [0.05, 0.1) is 38.1 Å². The topological polar surface area (TPSA) is 36.9 Å². The van der Waals surface area contributed by atoms with Crippen LogP contribution in [0.5, 0.6) is 0 Å². The van der Waals surface area contributed by atoms with Crippen LogP contribution in [0.1, 0.15) is 46.5 Å². The lowest BCUT2D eigenvalue weighted by Crippen LogP contribution is -2.50. The molecule has 4 heterocycles. The van der Waals surface area contributed by atoms with Crippen molar-refractivity contribution in [2.45, 2.75) is 75.0 Å². The van der Waals surface area contributed by atoms with E-state index in [0.29, 0.717) is 22.1 Å². The molecule has 0 aromatic carbocycles. The maximum atomic E-state index is 6.50. The van der Waals surface area contributed by atoms with Gasteiger partial charge in [-0.15, -0.1) is 0 Å². The summed E-state index contributed by atoms with van der Waals surface area (Å²) in [7, 11) is 0. The molecule has 5 fully saturated rings. The highest BCUT2D eigenvalue weighted by atomic mass is 127. The van der Waals surface area contributed by atoms with E-state index in [1.165, 1.54) is 6.42 Å². The second-order valence-electron chi connectivity index (χ2n) is 9.63. The summed E-state index contributed by atoms with van der Waals surface area (Å²) < 4.78 is 25.8. The molecular formula is C19H29IO4. The quantitative estimate of drug-likeness (QED) is 0.479. The van der Waals surface area contributed by atoms with Crippen LogP contribution in [0.4, 0.5) is 0 Å². The van der Waals surface area contributed by atoms with Gasteiger partial charge >= 0.3 is 0 Å². The van der Waals surface area contributed by atoms with Crippen molar-refractivity contribution in [3.05, 3.63) is 0 Å². The molecule has 4 nitrogen and oxygen atoms in total. The summed E-state index contributed by atoms with van der Waals surface area (Å²) in [6, 6.07) is 0. The van der Waals surface area contributed by atoms with Crippen LogP contribution < -0.4 is 0 Å². The Bertz CT molecular complexity index is 534. The first-order chi connectivity index (χ1) is 11.4. The Kier molecular flexibility index (Phi) is 3.70. The average molecular weight is 448 g/mol. The van der Waals surface area contributed by atoms with Gasteiger partial charge in [0.25, 0.3) is 0 Å². The van der Waals surface area contributed by atoms with Crippen molar-refractivity contribution in [3.63, 3.8) is 0 Å². The third-order valence-corrected chi connectivity index (χ3v) is 8.54. The predicted molar refractivity (Wildman–Crippen MR) is 98.2 cm³/mol. The number of halogens is 1. The Morgan fingerprint density at radius 1 is 1.04 bits per heavy atom. The van der Waals surface area contributed by atoms with Crippen molar-refractivity contribution in [2.24, 2.45) is 22.2 Å². The van der Waals surface area contributed by atoms with Crippen LogP contribution in [0.3, 0.4) is 0 Å². The molecule has 0 amide bonds. The first kappa shape index (κ1) is 16.7. The average Bonchev–Trinajstić information content (AvgIpc) is 3.21. The number of alkyl halides is 1. The predicted octanol–water partition coefficient (Wildman–Crippen LogP) is 3.55. The molecule has 4 saturated heterocycles. The summed E-state index contributed by atoms with van der Waals surface area (Å²) in [5, 5.41) is 0. The fourth-order valence-electron chi connectivity index (χ4n) is 6.96. The van der Waals surface area contributed by atoms with Gasteiger partial charge in [-0.2, -0.15) is 0 Å². The molecule has 5 heteroatoms. The first-order valence-corrected chi connectivity index (χ1v) is 10.8. The highest BCUT2D eigenvalue weighted by molar-refractivity contribution is 14.1. The van der Waals surface area contributed by atoms with Gasteiger partial charge < -0.3 is 18.9 Å². The van der Waals surface area contributed by atoms with Crippen LogP contribution in [0.15, 0.2) is 0 Å². The van der Waals surface area contributed by atoms with E-state index in [0.717, 1.165) is 39.1 Å². The summed E-state index contributed by atoms with van der Waals surface area (Å²) >= 11 is 2.53. The summed E-state index contributed by atoms with van der Waals surface area (Å²) in [6.45, 7) is 9.63. The van der Waals surface area contributed by atoms with Crippen molar-refractivity contribution in [1.29, 1.82) is 0 Å². The minimum atomic E-state index is -0.0302. The molecule has 6 unspecified atom stereocenters. The Morgan fingerprint density at radius 2 is 1.88 bits per heavy atom. The zero-order chi connectivity index (χ0) is 16.7. The maximum Gasteiger partial charge on any atom is 0.164 e. The molecule has 0 radical (unpaired) electrons. The molecule has 0 N–H and O–H groups in total. The molecule has 136 valence electrons. The molecule has 24 heavy (non-hydrogen) atoms. The SMILES string of the molecule is CC(C)(C)[C@@H]1CC2OCC3OC4OCCC41C23CC1C[C@H](I)CO1. The van der Waals surface area contributed by atoms with Crippen LogP contribution in [-0.4, -0.2) is 48.3 Å². The number of ether oxygens (including phenoxy) is 4. The highest BCUT2D eigenvalue weighted by Crippen LogP contribution is 2.76. The van der Waals surface area contributed by atoms with E-state index in [2.05, 4.69) is 43.4 Å². The van der Waals surface area contributed by atoms with Gasteiger partial charge in [-0.05, 0) is 37.0 Å². The van der Waals surface area contributed by atoms with Gasteiger partial charge in [-0.25, -0.2) is 0 Å². The standard InChI is InChI=1S/C19H29IO4/c1-17(2,3)13-7-14-19(8-12-6-11(20)9-22-12)15(10-23-14)24-16-18(13,19)4-5-21-16/h11-16H,4-10H2,1-3H3/t11-,12?,13-,14?,15?,16?,18?,19?/m0/s1. The van der Waals surface area contributed by atoms with Crippen LogP contribution >= 0.6 is 22.6 Å². The summed E-state index contributed by atoms with van der Waals surface area (Å²) in [5.74, 6) is 0.588. The zero-order valence-electron chi connectivity index (χ0n) is 14.9.